The Morgan fingerprint density at radius 2 is 1.96 bits per heavy atom. The predicted octanol–water partition coefficient (Wildman–Crippen LogP) is 0.372. The molecule has 0 spiro atoms. The van der Waals surface area contributed by atoms with Gasteiger partial charge in [-0.2, -0.15) is 4.31 Å². The van der Waals surface area contributed by atoms with E-state index in [1.165, 1.54) is 11.4 Å². The lowest BCUT2D eigenvalue weighted by Gasteiger charge is -2.30. The van der Waals surface area contributed by atoms with Crippen molar-refractivity contribution in [2.45, 2.75) is 18.7 Å². The van der Waals surface area contributed by atoms with Gasteiger partial charge >= 0.3 is 0 Å². The van der Waals surface area contributed by atoms with Crippen molar-refractivity contribution in [2.24, 2.45) is 0 Å². The van der Waals surface area contributed by atoms with Crippen molar-refractivity contribution >= 4 is 15.9 Å². The zero-order valence-electron chi connectivity index (χ0n) is 15.1. The molecule has 1 aliphatic rings. The molecule has 0 bridgehead atoms. The first-order valence-electron chi connectivity index (χ1n) is 8.41. The van der Waals surface area contributed by atoms with Crippen LogP contribution >= 0.6 is 0 Å². The molecule has 0 unspecified atom stereocenters. The maximum atomic E-state index is 13.1. The van der Waals surface area contributed by atoms with Gasteiger partial charge in [0.05, 0.1) is 18.0 Å². The fourth-order valence-corrected chi connectivity index (χ4v) is 4.45. The smallest absolute Gasteiger partial charge is 0.243 e. The van der Waals surface area contributed by atoms with Crippen LogP contribution < -0.4 is 5.32 Å². The zero-order valence-corrected chi connectivity index (χ0v) is 15.9. The van der Waals surface area contributed by atoms with Crippen molar-refractivity contribution in [2.75, 3.05) is 53.0 Å². The maximum Gasteiger partial charge on any atom is 0.243 e. The number of methoxy groups -OCH3 is 1. The van der Waals surface area contributed by atoms with E-state index in [2.05, 4.69) is 5.32 Å². The lowest BCUT2D eigenvalue weighted by molar-refractivity contribution is -0.132. The van der Waals surface area contributed by atoms with Gasteiger partial charge in [0.25, 0.3) is 0 Å². The van der Waals surface area contributed by atoms with E-state index >= 15 is 0 Å². The van der Waals surface area contributed by atoms with Gasteiger partial charge in [0.15, 0.2) is 0 Å². The number of ether oxygens (including phenoxy) is 1. The third-order valence-electron chi connectivity index (χ3n) is 4.27. The van der Waals surface area contributed by atoms with Crippen LogP contribution in [0.2, 0.25) is 0 Å². The molecule has 1 aliphatic heterocycles. The first-order chi connectivity index (χ1) is 11.9. The summed E-state index contributed by atoms with van der Waals surface area (Å²) in [7, 11) is -2.25. The SMILES string of the molecule is COCCN(CC(=O)N1CCNCC1)S(=O)(=O)c1ccc(C)cc1C. The number of hydrogen-bond acceptors (Lipinski definition) is 5. The van der Waals surface area contributed by atoms with Crippen LogP contribution in [-0.4, -0.2) is 76.5 Å². The number of sulfonamides is 1. The van der Waals surface area contributed by atoms with E-state index in [-0.39, 0.29) is 30.5 Å². The summed E-state index contributed by atoms with van der Waals surface area (Å²) in [6.07, 6.45) is 0. The quantitative estimate of drug-likeness (QED) is 0.751. The summed E-state index contributed by atoms with van der Waals surface area (Å²) in [6.45, 7) is 6.55. The fraction of sp³-hybridized carbons (Fsp3) is 0.588. The molecule has 1 aromatic rings. The lowest BCUT2D eigenvalue weighted by Crippen LogP contribution is -2.50. The van der Waals surface area contributed by atoms with Crippen molar-refractivity contribution in [3.05, 3.63) is 29.3 Å². The lowest BCUT2D eigenvalue weighted by atomic mass is 10.2. The number of hydrogen-bond donors (Lipinski definition) is 1. The summed E-state index contributed by atoms with van der Waals surface area (Å²) < 4.78 is 32.4. The van der Waals surface area contributed by atoms with Crippen molar-refractivity contribution < 1.29 is 17.9 Å². The molecule has 1 saturated heterocycles. The van der Waals surface area contributed by atoms with E-state index in [9.17, 15) is 13.2 Å². The first kappa shape index (κ1) is 19.8. The molecule has 25 heavy (non-hydrogen) atoms. The second-order valence-electron chi connectivity index (χ2n) is 6.23. The van der Waals surface area contributed by atoms with Gasteiger partial charge in [-0.1, -0.05) is 17.7 Å². The van der Waals surface area contributed by atoms with Gasteiger partial charge in [-0.15, -0.1) is 0 Å². The Balaban J connectivity index is 2.23. The number of benzene rings is 1. The number of rotatable bonds is 7. The number of carbonyl (C=O) groups excluding carboxylic acids is 1. The van der Waals surface area contributed by atoms with Crippen molar-refractivity contribution in [3.8, 4) is 0 Å². The molecular formula is C17H27N3O4S. The van der Waals surface area contributed by atoms with E-state index in [1.54, 1.807) is 24.0 Å². The molecule has 1 aromatic carbocycles. The number of aryl methyl sites for hydroxylation is 2. The Labute approximate surface area is 150 Å². The van der Waals surface area contributed by atoms with Crippen molar-refractivity contribution in [3.63, 3.8) is 0 Å². The largest absolute Gasteiger partial charge is 0.383 e. The third-order valence-corrected chi connectivity index (χ3v) is 6.28. The normalized spacial score (nSPS) is 15.6. The topological polar surface area (TPSA) is 79.0 Å². The number of amides is 1. The number of piperazine rings is 1. The predicted molar refractivity (Wildman–Crippen MR) is 96.0 cm³/mol. The highest BCUT2D eigenvalue weighted by Crippen LogP contribution is 2.21. The van der Waals surface area contributed by atoms with Crippen LogP contribution in [0.25, 0.3) is 0 Å². The summed E-state index contributed by atoms with van der Waals surface area (Å²) in [5.41, 5.74) is 1.67. The van der Waals surface area contributed by atoms with Crippen LogP contribution in [0.3, 0.4) is 0 Å². The molecule has 1 amide bonds. The van der Waals surface area contributed by atoms with E-state index in [0.717, 1.165) is 18.7 Å². The van der Waals surface area contributed by atoms with Crippen LogP contribution in [0.5, 0.6) is 0 Å². The minimum Gasteiger partial charge on any atom is -0.383 e. The average molecular weight is 369 g/mol. The molecule has 8 heteroatoms. The zero-order chi connectivity index (χ0) is 18.4. The summed E-state index contributed by atoms with van der Waals surface area (Å²) in [5, 5.41) is 3.18. The van der Waals surface area contributed by atoms with Crippen molar-refractivity contribution in [1.29, 1.82) is 0 Å². The molecule has 0 saturated carbocycles. The highest BCUT2D eigenvalue weighted by molar-refractivity contribution is 7.89. The standard InChI is InChI=1S/C17H27N3O4S/c1-14-4-5-16(15(2)12-14)25(22,23)20(10-11-24-3)13-17(21)19-8-6-18-7-9-19/h4-5,12,18H,6-11,13H2,1-3H3. The number of carbonyl (C=O) groups is 1. The first-order valence-corrected chi connectivity index (χ1v) is 9.85. The molecule has 7 nitrogen and oxygen atoms in total. The van der Waals surface area contributed by atoms with Crippen LogP contribution in [0.15, 0.2) is 23.1 Å². The minimum absolute atomic E-state index is 0.143. The van der Waals surface area contributed by atoms with Crippen LogP contribution in [0.1, 0.15) is 11.1 Å². The highest BCUT2D eigenvalue weighted by atomic mass is 32.2. The second-order valence-corrected chi connectivity index (χ2v) is 8.14. The van der Waals surface area contributed by atoms with Crippen molar-refractivity contribution in [1.82, 2.24) is 14.5 Å². The minimum atomic E-state index is -3.76. The second kappa shape index (κ2) is 8.75. The Morgan fingerprint density at radius 1 is 1.28 bits per heavy atom. The Morgan fingerprint density at radius 3 is 2.56 bits per heavy atom. The van der Waals surface area contributed by atoms with Gasteiger partial charge in [-0.3, -0.25) is 4.79 Å². The van der Waals surface area contributed by atoms with Gasteiger partial charge in [-0.25, -0.2) is 8.42 Å². The fourth-order valence-electron chi connectivity index (χ4n) is 2.87. The van der Waals surface area contributed by atoms with E-state index in [4.69, 9.17) is 4.74 Å². The number of nitrogens with zero attached hydrogens (tertiary/aromatic N) is 2. The summed E-state index contributed by atoms with van der Waals surface area (Å²) >= 11 is 0. The molecule has 1 fully saturated rings. The molecule has 0 aliphatic carbocycles. The Hall–Kier alpha value is -1.48. The molecular weight excluding hydrogens is 342 g/mol. The maximum absolute atomic E-state index is 13.1. The van der Waals surface area contributed by atoms with Gasteiger partial charge in [-0.05, 0) is 25.5 Å². The average Bonchev–Trinajstić information content (AvgIpc) is 2.58. The van der Waals surface area contributed by atoms with Crippen LogP contribution in [0.4, 0.5) is 0 Å². The summed E-state index contributed by atoms with van der Waals surface area (Å²) in [4.78, 5) is 14.5. The summed E-state index contributed by atoms with van der Waals surface area (Å²) in [6, 6.07) is 5.21. The van der Waals surface area contributed by atoms with Gasteiger partial charge in [0.2, 0.25) is 15.9 Å². The Kier molecular flexibility index (Phi) is 6.95. The van der Waals surface area contributed by atoms with Gasteiger partial charge in [0, 0.05) is 39.8 Å². The molecule has 2 rings (SSSR count). The number of nitrogens with one attached hydrogen (secondary N) is 1. The Bertz CT molecular complexity index is 700. The van der Waals surface area contributed by atoms with Crippen LogP contribution in [-0.2, 0) is 19.6 Å². The van der Waals surface area contributed by atoms with E-state index < -0.39 is 10.0 Å². The molecule has 0 radical (unpaired) electrons. The van der Waals surface area contributed by atoms with E-state index in [1.807, 2.05) is 13.0 Å². The van der Waals surface area contributed by atoms with Gasteiger partial charge < -0.3 is 15.0 Å². The summed E-state index contributed by atoms with van der Waals surface area (Å²) in [5.74, 6) is -0.175. The molecule has 0 atom stereocenters. The van der Waals surface area contributed by atoms with Gasteiger partial charge in [0.1, 0.15) is 0 Å². The van der Waals surface area contributed by atoms with Crippen LogP contribution in [0, 0.1) is 13.8 Å². The third kappa shape index (κ3) is 5.01. The molecule has 1 heterocycles. The molecule has 140 valence electrons. The highest BCUT2D eigenvalue weighted by Gasteiger charge is 2.29. The van der Waals surface area contributed by atoms with E-state index in [0.29, 0.717) is 18.7 Å². The molecule has 1 N–H and O–H groups in total. The molecule has 0 aromatic heterocycles. The monoisotopic (exact) mass is 369 g/mol.